The van der Waals surface area contributed by atoms with Gasteiger partial charge in [-0.15, -0.1) is 0 Å². The van der Waals surface area contributed by atoms with Crippen LogP contribution in [0.3, 0.4) is 0 Å². The van der Waals surface area contributed by atoms with Crippen molar-refractivity contribution in [3.63, 3.8) is 0 Å². The fourth-order valence-electron chi connectivity index (χ4n) is 2.13. The molecule has 1 aromatic rings. The summed E-state index contributed by atoms with van der Waals surface area (Å²) in [5.74, 6) is 0.922. The van der Waals surface area contributed by atoms with E-state index >= 15 is 0 Å². The third-order valence-electron chi connectivity index (χ3n) is 3.57. The van der Waals surface area contributed by atoms with Gasteiger partial charge in [0.1, 0.15) is 5.82 Å². The van der Waals surface area contributed by atoms with Crippen molar-refractivity contribution in [2.24, 2.45) is 5.41 Å². The van der Waals surface area contributed by atoms with Crippen molar-refractivity contribution in [3.05, 3.63) is 17.6 Å². The molecule has 1 heterocycles. The Bertz CT molecular complexity index is 369. The molecule has 88 valence electrons. The number of aromatic nitrogens is 2. The second-order valence-electron chi connectivity index (χ2n) is 5.03. The van der Waals surface area contributed by atoms with Gasteiger partial charge in [0.15, 0.2) is 0 Å². The molecule has 0 radical (unpaired) electrons. The first kappa shape index (κ1) is 11.4. The summed E-state index contributed by atoms with van der Waals surface area (Å²) in [5, 5.41) is 3.43. The molecule has 0 amide bonds. The van der Waals surface area contributed by atoms with Gasteiger partial charge in [-0.25, -0.2) is 4.98 Å². The van der Waals surface area contributed by atoms with Crippen LogP contribution < -0.4 is 5.32 Å². The first-order valence-corrected chi connectivity index (χ1v) is 6.19. The highest BCUT2D eigenvalue weighted by atomic mass is 15.0. The van der Waals surface area contributed by atoms with Crippen molar-refractivity contribution in [2.45, 2.75) is 46.5 Å². The van der Waals surface area contributed by atoms with Crippen molar-refractivity contribution in [1.29, 1.82) is 0 Å². The first-order chi connectivity index (χ1) is 7.65. The van der Waals surface area contributed by atoms with Crippen LogP contribution in [0.1, 0.15) is 44.0 Å². The zero-order chi connectivity index (χ0) is 11.6. The zero-order valence-electron chi connectivity index (χ0n) is 10.5. The fraction of sp³-hybridized carbons (Fsp3) is 0.692. The summed E-state index contributed by atoms with van der Waals surface area (Å²) >= 11 is 0. The molecule has 0 atom stereocenters. The van der Waals surface area contributed by atoms with Crippen LogP contribution in [0.15, 0.2) is 6.20 Å². The van der Waals surface area contributed by atoms with E-state index in [0.717, 1.165) is 23.8 Å². The standard InChI is InChI=1S/C13H21N3/c1-4-5-13(6-7-13)9-15-12-8-14-10(2)11(3)16-12/h8H,4-7,9H2,1-3H3,(H,15,16). The van der Waals surface area contributed by atoms with Gasteiger partial charge < -0.3 is 5.32 Å². The maximum Gasteiger partial charge on any atom is 0.144 e. The van der Waals surface area contributed by atoms with E-state index in [9.17, 15) is 0 Å². The lowest BCUT2D eigenvalue weighted by Crippen LogP contribution is -2.16. The van der Waals surface area contributed by atoms with E-state index in [2.05, 4.69) is 22.2 Å². The summed E-state index contributed by atoms with van der Waals surface area (Å²) in [6.45, 7) is 7.31. The van der Waals surface area contributed by atoms with Crippen molar-refractivity contribution < 1.29 is 0 Å². The average Bonchev–Trinajstić information content (AvgIpc) is 3.01. The van der Waals surface area contributed by atoms with Crippen molar-refractivity contribution in [1.82, 2.24) is 9.97 Å². The highest BCUT2D eigenvalue weighted by Gasteiger charge is 2.41. The molecule has 0 bridgehead atoms. The summed E-state index contributed by atoms with van der Waals surface area (Å²) in [5.41, 5.74) is 2.60. The van der Waals surface area contributed by atoms with Gasteiger partial charge >= 0.3 is 0 Å². The molecule has 1 aliphatic rings. The van der Waals surface area contributed by atoms with Gasteiger partial charge in [0.25, 0.3) is 0 Å². The predicted molar refractivity (Wildman–Crippen MR) is 66.6 cm³/mol. The normalized spacial score (nSPS) is 17.2. The highest BCUT2D eigenvalue weighted by molar-refractivity contribution is 5.34. The van der Waals surface area contributed by atoms with E-state index in [1.165, 1.54) is 25.7 Å². The molecular formula is C13H21N3. The third-order valence-corrected chi connectivity index (χ3v) is 3.57. The summed E-state index contributed by atoms with van der Waals surface area (Å²) in [4.78, 5) is 8.81. The summed E-state index contributed by atoms with van der Waals surface area (Å²) in [6.07, 6.45) is 7.18. The van der Waals surface area contributed by atoms with Crippen LogP contribution >= 0.6 is 0 Å². The minimum atomic E-state index is 0.565. The average molecular weight is 219 g/mol. The molecular weight excluding hydrogens is 198 g/mol. The lowest BCUT2D eigenvalue weighted by Gasteiger charge is -2.15. The fourth-order valence-corrected chi connectivity index (χ4v) is 2.13. The van der Waals surface area contributed by atoms with Gasteiger partial charge in [-0.2, -0.15) is 0 Å². The summed E-state index contributed by atoms with van der Waals surface area (Å²) in [7, 11) is 0. The molecule has 2 rings (SSSR count). The smallest absolute Gasteiger partial charge is 0.144 e. The second kappa shape index (κ2) is 4.40. The third kappa shape index (κ3) is 2.52. The van der Waals surface area contributed by atoms with Crippen LogP contribution in [-0.4, -0.2) is 16.5 Å². The topological polar surface area (TPSA) is 37.8 Å². The van der Waals surface area contributed by atoms with E-state index in [0.29, 0.717) is 5.41 Å². The zero-order valence-corrected chi connectivity index (χ0v) is 10.5. The molecule has 3 heteroatoms. The number of nitrogens with zero attached hydrogens (tertiary/aromatic N) is 2. The largest absolute Gasteiger partial charge is 0.368 e. The number of hydrogen-bond acceptors (Lipinski definition) is 3. The number of aryl methyl sites for hydroxylation is 2. The first-order valence-electron chi connectivity index (χ1n) is 6.19. The molecule has 1 fully saturated rings. The Balaban J connectivity index is 1.92. The summed E-state index contributed by atoms with van der Waals surface area (Å²) < 4.78 is 0. The molecule has 1 saturated carbocycles. The van der Waals surface area contributed by atoms with Crippen LogP contribution in [0, 0.1) is 19.3 Å². The number of nitrogens with one attached hydrogen (secondary N) is 1. The minimum absolute atomic E-state index is 0.565. The molecule has 0 saturated heterocycles. The van der Waals surface area contributed by atoms with Crippen molar-refractivity contribution >= 4 is 5.82 Å². The lowest BCUT2D eigenvalue weighted by molar-refractivity contribution is 0.485. The molecule has 0 unspecified atom stereocenters. The maximum atomic E-state index is 4.49. The predicted octanol–water partition coefficient (Wildman–Crippen LogP) is 3.09. The van der Waals surface area contributed by atoms with Crippen molar-refractivity contribution in [3.8, 4) is 0 Å². The van der Waals surface area contributed by atoms with Crippen LogP contribution in [0.4, 0.5) is 5.82 Å². The molecule has 3 nitrogen and oxygen atoms in total. The Morgan fingerprint density at radius 2 is 2.06 bits per heavy atom. The van der Waals surface area contributed by atoms with Crippen molar-refractivity contribution in [2.75, 3.05) is 11.9 Å². The van der Waals surface area contributed by atoms with Gasteiger partial charge in [0, 0.05) is 6.54 Å². The quantitative estimate of drug-likeness (QED) is 0.827. The second-order valence-corrected chi connectivity index (χ2v) is 5.03. The van der Waals surface area contributed by atoms with E-state index in [4.69, 9.17) is 0 Å². The van der Waals surface area contributed by atoms with E-state index in [1.54, 1.807) is 0 Å². The van der Waals surface area contributed by atoms with Gasteiger partial charge in [0.05, 0.1) is 17.6 Å². The monoisotopic (exact) mass is 219 g/mol. The maximum absolute atomic E-state index is 4.49. The highest BCUT2D eigenvalue weighted by Crippen LogP contribution is 2.49. The van der Waals surface area contributed by atoms with Crippen LogP contribution in [0.5, 0.6) is 0 Å². The number of hydrogen-bond donors (Lipinski definition) is 1. The van der Waals surface area contributed by atoms with Gasteiger partial charge in [-0.05, 0) is 38.5 Å². The van der Waals surface area contributed by atoms with Gasteiger partial charge in [0.2, 0.25) is 0 Å². The van der Waals surface area contributed by atoms with E-state index in [1.807, 2.05) is 20.0 Å². The number of anilines is 1. The molecule has 0 aromatic carbocycles. The lowest BCUT2D eigenvalue weighted by atomic mass is 10.0. The van der Waals surface area contributed by atoms with Gasteiger partial charge in [-0.3, -0.25) is 4.98 Å². The Morgan fingerprint density at radius 3 is 2.62 bits per heavy atom. The van der Waals surface area contributed by atoms with Gasteiger partial charge in [-0.1, -0.05) is 13.3 Å². The van der Waals surface area contributed by atoms with Crippen LogP contribution in [0.2, 0.25) is 0 Å². The van der Waals surface area contributed by atoms with E-state index in [-0.39, 0.29) is 0 Å². The SMILES string of the molecule is CCCC1(CNc2cnc(C)c(C)n2)CC1. The molecule has 0 aliphatic heterocycles. The van der Waals surface area contributed by atoms with Crippen LogP contribution in [-0.2, 0) is 0 Å². The Kier molecular flexibility index (Phi) is 3.13. The molecule has 1 aliphatic carbocycles. The molecule has 1 aromatic heterocycles. The summed E-state index contributed by atoms with van der Waals surface area (Å²) in [6, 6.07) is 0. The molecule has 1 N–H and O–H groups in total. The minimum Gasteiger partial charge on any atom is -0.368 e. The van der Waals surface area contributed by atoms with Crippen LogP contribution in [0.25, 0.3) is 0 Å². The number of rotatable bonds is 5. The van der Waals surface area contributed by atoms with E-state index < -0.39 is 0 Å². The Hall–Kier alpha value is -1.12. The molecule has 0 spiro atoms. The molecule has 16 heavy (non-hydrogen) atoms. The Labute approximate surface area is 97.7 Å². The Morgan fingerprint density at radius 1 is 1.31 bits per heavy atom.